The first-order valence-electron chi connectivity index (χ1n) is 8.79. The molecule has 1 saturated heterocycles. The van der Waals surface area contributed by atoms with Crippen LogP contribution >= 0.6 is 22.6 Å². The summed E-state index contributed by atoms with van der Waals surface area (Å²) in [6.45, 7) is 2.73. The van der Waals surface area contributed by atoms with E-state index < -0.39 is 43.0 Å². The van der Waals surface area contributed by atoms with Gasteiger partial charge in [-0.3, -0.25) is 4.79 Å². The quantitative estimate of drug-likeness (QED) is 0.623. The van der Waals surface area contributed by atoms with Crippen LogP contribution in [0, 0.1) is 9.49 Å². The van der Waals surface area contributed by atoms with E-state index in [-0.39, 0.29) is 5.92 Å². The number of imidazole rings is 1. The number of aromatic nitrogens is 2. The number of aromatic amines is 1. The minimum Gasteiger partial charge on any atom is -0.453 e. The number of carbonyl (C=O) groups excluding carboxylic acids is 2. The molecular formula is C18H21F2IN4O3. The van der Waals surface area contributed by atoms with Gasteiger partial charge in [-0.25, -0.2) is 18.6 Å². The maximum absolute atomic E-state index is 14.3. The first-order chi connectivity index (χ1) is 13.1. The zero-order valence-electron chi connectivity index (χ0n) is 15.6. The predicted octanol–water partition coefficient (Wildman–Crippen LogP) is 3.46. The highest BCUT2D eigenvalue weighted by Crippen LogP contribution is 2.41. The number of alkyl carbamates (subject to hydrolysis) is 1. The molecule has 1 aromatic carbocycles. The molecule has 7 nitrogen and oxygen atoms in total. The number of hydrogen-bond acceptors (Lipinski definition) is 4. The number of halogens is 3. The van der Waals surface area contributed by atoms with E-state index >= 15 is 0 Å². The van der Waals surface area contributed by atoms with Gasteiger partial charge in [-0.1, -0.05) is 13.8 Å². The molecule has 1 aliphatic rings. The van der Waals surface area contributed by atoms with Crippen molar-refractivity contribution in [1.82, 2.24) is 20.2 Å². The Morgan fingerprint density at radius 1 is 1.43 bits per heavy atom. The first kappa shape index (κ1) is 20.7. The number of hydrogen-bond donors (Lipinski definition) is 2. The molecule has 2 N–H and O–H groups in total. The minimum absolute atomic E-state index is 0.307. The summed E-state index contributed by atoms with van der Waals surface area (Å²) >= 11 is 2.15. The van der Waals surface area contributed by atoms with E-state index in [4.69, 9.17) is 0 Å². The zero-order valence-corrected chi connectivity index (χ0v) is 17.8. The third-order valence-corrected chi connectivity index (χ3v) is 5.39. The summed E-state index contributed by atoms with van der Waals surface area (Å²) in [5.74, 6) is -3.63. The van der Waals surface area contributed by atoms with Crippen LogP contribution in [0.1, 0.15) is 32.1 Å². The van der Waals surface area contributed by atoms with Gasteiger partial charge >= 0.3 is 6.09 Å². The number of nitrogens with one attached hydrogen (secondary N) is 2. The molecule has 1 aliphatic heterocycles. The molecule has 2 atom stereocenters. The Morgan fingerprint density at radius 2 is 2.14 bits per heavy atom. The largest absolute Gasteiger partial charge is 0.453 e. The van der Waals surface area contributed by atoms with E-state index in [2.05, 4.69) is 42.6 Å². The highest BCUT2D eigenvalue weighted by atomic mass is 127. The summed E-state index contributed by atoms with van der Waals surface area (Å²) in [5.41, 5.74) is 1.36. The third-order valence-electron chi connectivity index (χ3n) is 4.72. The summed E-state index contributed by atoms with van der Waals surface area (Å²) in [5, 5.41) is 2.45. The van der Waals surface area contributed by atoms with Gasteiger partial charge < -0.3 is 19.9 Å². The molecule has 0 bridgehead atoms. The Balaban J connectivity index is 1.94. The van der Waals surface area contributed by atoms with E-state index in [9.17, 15) is 18.4 Å². The number of H-pyrrole nitrogens is 1. The number of amides is 2. The molecule has 2 amide bonds. The van der Waals surface area contributed by atoms with Crippen molar-refractivity contribution in [3.63, 3.8) is 0 Å². The first-order valence-corrected chi connectivity index (χ1v) is 9.87. The number of alkyl halides is 2. The van der Waals surface area contributed by atoms with Crippen LogP contribution < -0.4 is 5.32 Å². The fraction of sp³-hybridized carbons (Fsp3) is 0.500. The van der Waals surface area contributed by atoms with Crippen LogP contribution in [-0.4, -0.2) is 52.5 Å². The smallest absolute Gasteiger partial charge is 0.407 e. The number of benzene rings is 1. The molecule has 10 heteroatoms. The Bertz CT molecular complexity index is 902. The molecule has 2 unspecified atom stereocenters. The van der Waals surface area contributed by atoms with Crippen molar-refractivity contribution in [3.8, 4) is 0 Å². The molecule has 2 heterocycles. The van der Waals surface area contributed by atoms with E-state index in [0.29, 0.717) is 11.3 Å². The molecule has 28 heavy (non-hydrogen) atoms. The molecule has 0 radical (unpaired) electrons. The van der Waals surface area contributed by atoms with Crippen molar-refractivity contribution in [2.75, 3.05) is 13.7 Å². The van der Waals surface area contributed by atoms with Gasteiger partial charge in [-0.2, -0.15) is 0 Å². The second kappa shape index (κ2) is 7.80. The molecule has 1 aromatic heterocycles. The van der Waals surface area contributed by atoms with Crippen molar-refractivity contribution < 1.29 is 23.1 Å². The van der Waals surface area contributed by atoms with Gasteiger partial charge in [-0.05, 0) is 46.7 Å². The SMILES string of the molecule is COC(=O)NC(C(=O)N1CC(F)(F)CC1c1nc2ccc(I)cc2[nH]1)C(C)C. The average molecular weight is 506 g/mol. The van der Waals surface area contributed by atoms with Crippen molar-refractivity contribution >= 4 is 45.6 Å². The highest BCUT2D eigenvalue weighted by molar-refractivity contribution is 14.1. The highest BCUT2D eigenvalue weighted by Gasteiger charge is 2.50. The minimum atomic E-state index is -3.04. The second-order valence-corrected chi connectivity index (χ2v) is 8.43. The van der Waals surface area contributed by atoms with Crippen LogP contribution in [0.3, 0.4) is 0 Å². The summed E-state index contributed by atoms with van der Waals surface area (Å²) in [6.07, 6.45) is -1.31. The van der Waals surface area contributed by atoms with Crippen molar-refractivity contribution in [1.29, 1.82) is 0 Å². The molecule has 1 fully saturated rings. The van der Waals surface area contributed by atoms with Gasteiger partial charge in [0.2, 0.25) is 5.91 Å². The number of ether oxygens (including phenoxy) is 1. The summed E-state index contributed by atoms with van der Waals surface area (Å²) in [4.78, 5) is 33.2. The van der Waals surface area contributed by atoms with Crippen LogP contribution in [0.25, 0.3) is 11.0 Å². The Morgan fingerprint density at radius 3 is 2.79 bits per heavy atom. The Labute approximate surface area is 174 Å². The predicted molar refractivity (Wildman–Crippen MR) is 107 cm³/mol. The van der Waals surface area contributed by atoms with E-state index in [1.807, 2.05) is 12.1 Å². The number of carbonyl (C=O) groups is 2. The Hall–Kier alpha value is -1.98. The standard InChI is InChI=1S/C18H21F2IN4O3/c1-9(2)14(24-17(27)28-3)16(26)25-8-18(19,20)7-13(25)15-22-11-5-4-10(21)6-12(11)23-15/h4-6,9,13-14H,7-8H2,1-3H3,(H,22,23)(H,24,27). The number of likely N-dealkylation sites (tertiary alicyclic amines) is 1. The van der Waals surface area contributed by atoms with Crippen LogP contribution in [0.15, 0.2) is 18.2 Å². The van der Waals surface area contributed by atoms with Crippen molar-refractivity contribution in [2.24, 2.45) is 5.92 Å². The van der Waals surface area contributed by atoms with Crippen molar-refractivity contribution in [3.05, 3.63) is 27.6 Å². The van der Waals surface area contributed by atoms with Gasteiger partial charge in [-0.15, -0.1) is 0 Å². The van der Waals surface area contributed by atoms with Gasteiger partial charge in [0.15, 0.2) is 0 Å². The fourth-order valence-electron chi connectivity index (χ4n) is 3.33. The van der Waals surface area contributed by atoms with Gasteiger partial charge in [0.1, 0.15) is 11.9 Å². The number of nitrogens with zero attached hydrogens (tertiary/aromatic N) is 2. The lowest BCUT2D eigenvalue weighted by Crippen LogP contribution is -2.51. The molecule has 3 rings (SSSR count). The molecule has 0 spiro atoms. The monoisotopic (exact) mass is 506 g/mol. The van der Waals surface area contributed by atoms with Crippen LogP contribution in [0.4, 0.5) is 13.6 Å². The molecular weight excluding hydrogens is 485 g/mol. The maximum Gasteiger partial charge on any atom is 0.407 e. The van der Waals surface area contributed by atoms with Gasteiger partial charge in [0, 0.05) is 9.99 Å². The molecule has 0 aliphatic carbocycles. The lowest BCUT2D eigenvalue weighted by Gasteiger charge is -2.29. The maximum atomic E-state index is 14.3. The lowest BCUT2D eigenvalue weighted by atomic mass is 10.0. The molecule has 152 valence electrons. The van der Waals surface area contributed by atoms with Gasteiger partial charge in [0.05, 0.1) is 30.7 Å². The van der Waals surface area contributed by atoms with Crippen LogP contribution in [0.5, 0.6) is 0 Å². The second-order valence-electron chi connectivity index (χ2n) is 7.18. The van der Waals surface area contributed by atoms with Crippen LogP contribution in [-0.2, 0) is 9.53 Å². The summed E-state index contributed by atoms with van der Waals surface area (Å²) in [7, 11) is 1.18. The zero-order chi connectivity index (χ0) is 20.6. The normalized spacial score (nSPS) is 19.8. The topological polar surface area (TPSA) is 87.3 Å². The molecule has 0 saturated carbocycles. The average Bonchev–Trinajstić information content (AvgIpc) is 3.18. The van der Waals surface area contributed by atoms with E-state index in [1.54, 1.807) is 19.9 Å². The van der Waals surface area contributed by atoms with E-state index in [1.165, 1.54) is 7.11 Å². The molecule has 2 aromatic rings. The van der Waals surface area contributed by atoms with Gasteiger partial charge in [0.25, 0.3) is 5.92 Å². The number of fused-ring (bicyclic) bond motifs is 1. The van der Waals surface area contributed by atoms with E-state index in [0.717, 1.165) is 14.0 Å². The number of methoxy groups -OCH3 is 1. The summed E-state index contributed by atoms with van der Waals surface area (Å²) < 4.78 is 34.0. The summed E-state index contributed by atoms with van der Waals surface area (Å²) in [6, 6.07) is 3.64. The third kappa shape index (κ3) is 4.20. The fourth-order valence-corrected chi connectivity index (χ4v) is 3.82. The lowest BCUT2D eigenvalue weighted by molar-refractivity contribution is -0.136. The van der Waals surface area contributed by atoms with Crippen molar-refractivity contribution in [2.45, 2.75) is 38.3 Å². The Kier molecular flexibility index (Phi) is 5.78. The van der Waals surface area contributed by atoms with Crippen LogP contribution in [0.2, 0.25) is 0 Å². The number of rotatable bonds is 4.